The molecule has 0 aliphatic rings. The van der Waals surface area contributed by atoms with Crippen LogP contribution in [0.1, 0.15) is 5.01 Å². The molecule has 120 valence electrons. The van der Waals surface area contributed by atoms with Crippen molar-refractivity contribution in [2.24, 2.45) is 0 Å². The average Bonchev–Trinajstić information content (AvgIpc) is 3.03. The van der Waals surface area contributed by atoms with Gasteiger partial charge in [-0.3, -0.25) is 4.79 Å². The molecule has 0 aliphatic carbocycles. The van der Waals surface area contributed by atoms with E-state index in [2.05, 4.69) is 10.1 Å². The van der Waals surface area contributed by atoms with Gasteiger partial charge in [0, 0.05) is 0 Å². The van der Waals surface area contributed by atoms with Gasteiger partial charge in [-0.05, 0) is 24.3 Å². The first kappa shape index (κ1) is 14.6. The minimum Gasteiger partial charge on any atom is -0.493 e. The predicted octanol–water partition coefficient (Wildman–Crippen LogP) is 2.89. The Kier molecular flexibility index (Phi) is 3.62. The second-order valence-electron chi connectivity index (χ2n) is 5.06. The summed E-state index contributed by atoms with van der Waals surface area (Å²) in [5, 5.41) is 5.55. The predicted molar refractivity (Wildman–Crippen MR) is 92.0 cm³/mol. The van der Waals surface area contributed by atoms with Gasteiger partial charge in [0.05, 0.1) is 18.0 Å². The van der Waals surface area contributed by atoms with Crippen molar-refractivity contribution in [2.75, 3.05) is 7.11 Å². The second kappa shape index (κ2) is 5.93. The summed E-state index contributed by atoms with van der Waals surface area (Å²) >= 11 is 1.33. The molecule has 0 saturated heterocycles. The molecule has 7 heteroatoms. The number of nitrogens with zero attached hydrogens (tertiary/aromatic N) is 3. The fourth-order valence-corrected chi connectivity index (χ4v) is 3.24. The Morgan fingerprint density at radius 2 is 1.83 bits per heavy atom. The lowest BCUT2D eigenvalue weighted by atomic mass is 10.2. The summed E-state index contributed by atoms with van der Waals surface area (Å²) in [6.07, 6.45) is 0. The zero-order valence-corrected chi connectivity index (χ0v) is 13.6. The quantitative estimate of drug-likeness (QED) is 0.572. The van der Waals surface area contributed by atoms with Crippen LogP contribution in [0.4, 0.5) is 0 Å². The second-order valence-corrected chi connectivity index (χ2v) is 6.10. The summed E-state index contributed by atoms with van der Waals surface area (Å²) in [6.45, 7) is 0.240. The lowest BCUT2D eigenvalue weighted by Gasteiger charge is -2.08. The minimum absolute atomic E-state index is 0.171. The molecule has 0 amide bonds. The third-order valence-electron chi connectivity index (χ3n) is 3.56. The summed E-state index contributed by atoms with van der Waals surface area (Å²) in [4.78, 5) is 17.5. The fraction of sp³-hybridized carbons (Fsp3) is 0.118. The van der Waals surface area contributed by atoms with Gasteiger partial charge in [-0.1, -0.05) is 35.6 Å². The monoisotopic (exact) mass is 339 g/mol. The van der Waals surface area contributed by atoms with E-state index in [-0.39, 0.29) is 12.2 Å². The summed E-state index contributed by atoms with van der Waals surface area (Å²) in [5.74, 6) is 1.28. The van der Waals surface area contributed by atoms with Crippen molar-refractivity contribution in [1.82, 2.24) is 14.6 Å². The van der Waals surface area contributed by atoms with E-state index in [4.69, 9.17) is 9.47 Å². The number of aromatic nitrogens is 3. The summed E-state index contributed by atoms with van der Waals surface area (Å²) in [5.41, 5.74) is 0.499. The molecule has 4 rings (SSSR count). The first-order chi connectivity index (χ1) is 11.8. The van der Waals surface area contributed by atoms with E-state index in [1.807, 2.05) is 42.5 Å². The van der Waals surface area contributed by atoms with Crippen molar-refractivity contribution in [1.29, 1.82) is 0 Å². The van der Waals surface area contributed by atoms with Crippen LogP contribution in [0.25, 0.3) is 15.9 Å². The van der Waals surface area contributed by atoms with Gasteiger partial charge >= 0.3 is 0 Å². The number of hydrogen-bond donors (Lipinski definition) is 0. The van der Waals surface area contributed by atoms with Gasteiger partial charge in [0.25, 0.3) is 5.56 Å². The van der Waals surface area contributed by atoms with E-state index in [0.29, 0.717) is 32.4 Å². The highest BCUT2D eigenvalue weighted by Gasteiger charge is 2.11. The number of methoxy groups -OCH3 is 1. The molecule has 0 unspecified atom stereocenters. The fourth-order valence-electron chi connectivity index (χ4n) is 2.43. The van der Waals surface area contributed by atoms with Crippen LogP contribution in [0.5, 0.6) is 11.5 Å². The summed E-state index contributed by atoms with van der Waals surface area (Å²) < 4.78 is 12.3. The Bertz CT molecular complexity index is 1090. The maximum Gasteiger partial charge on any atom is 0.283 e. The Morgan fingerprint density at radius 1 is 1.08 bits per heavy atom. The zero-order chi connectivity index (χ0) is 16.5. The molecule has 4 aromatic rings. The van der Waals surface area contributed by atoms with E-state index in [9.17, 15) is 4.79 Å². The third kappa shape index (κ3) is 2.48. The van der Waals surface area contributed by atoms with Gasteiger partial charge in [0.15, 0.2) is 16.5 Å². The Hall–Kier alpha value is -2.93. The zero-order valence-electron chi connectivity index (χ0n) is 12.8. The normalized spacial score (nSPS) is 11.0. The molecular weight excluding hydrogens is 326 g/mol. The van der Waals surface area contributed by atoms with Crippen LogP contribution in [-0.2, 0) is 6.61 Å². The van der Waals surface area contributed by atoms with Crippen LogP contribution in [0.15, 0.2) is 53.3 Å². The molecule has 0 aliphatic heterocycles. The third-order valence-corrected chi connectivity index (χ3v) is 4.45. The molecule has 0 N–H and O–H groups in total. The van der Waals surface area contributed by atoms with Crippen molar-refractivity contribution in [3.05, 3.63) is 63.9 Å². The number of benzene rings is 2. The molecule has 0 saturated carbocycles. The molecule has 2 aromatic heterocycles. The number of ether oxygens (including phenoxy) is 2. The first-order valence-electron chi connectivity index (χ1n) is 7.29. The van der Waals surface area contributed by atoms with Gasteiger partial charge in [0.2, 0.25) is 4.96 Å². The van der Waals surface area contributed by atoms with Gasteiger partial charge < -0.3 is 9.47 Å². The number of rotatable bonds is 4. The van der Waals surface area contributed by atoms with Gasteiger partial charge in [-0.15, -0.1) is 0 Å². The van der Waals surface area contributed by atoms with Crippen LogP contribution < -0.4 is 15.0 Å². The van der Waals surface area contributed by atoms with Crippen LogP contribution in [0, 0.1) is 0 Å². The molecule has 0 spiro atoms. The van der Waals surface area contributed by atoms with E-state index < -0.39 is 0 Å². The van der Waals surface area contributed by atoms with Crippen LogP contribution in [-0.4, -0.2) is 21.7 Å². The van der Waals surface area contributed by atoms with Crippen LogP contribution >= 0.6 is 11.3 Å². The van der Waals surface area contributed by atoms with Crippen LogP contribution in [0.3, 0.4) is 0 Å². The van der Waals surface area contributed by atoms with Crippen molar-refractivity contribution in [3.8, 4) is 11.5 Å². The SMILES string of the molecule is COc1ccccc1OCc1nn2c(=O)c3ccccc3nc2s1. The minimum atomic E-state index is -0.171. The van der Waals surface area contributed by atoms with Gasteiger partial charge in [-0.25, -0.2) is 4.98 Å². The molecule has 6 nitrogen and oxygen atoms in total. The highest BCUT2D eigenvalue weighted by Crippen LogP contribution is 2.27. The van der Waals surface area contributed by atoms with Crippen molar-refractivity contribution >= 4 is 27.2 Å². The van der Waals surface area contributed by atoms with E-state index in [1.54, 1.807) is 13.2 Å². The lowest BCUT2D eigenvalue weighted by molar-refractivity contribution is 0.283. The standard InChI is InChI=1S/C17H13N3O3S/c1-22-13-8-4-5-9-14(13)23-10-15-19-20-16(21)11-6-2-3-7-12(11)18-17(20)24-15/h2-9H,10H2,1H3. The molecule has 24 heavy (non-hydrogen) atoms. The number of fused-ring (bicyclic) bond motifs is 2. The molecule has 0 atom stereocenters. The number of para-hydroxylation sites is 3. The highest BCUT2D eigenvalue weighted by atomic mass is 32.1. The van der Waals surface area contributed by atoms with E-state index in [0.717, 1.165) is 0 Å². The first-order valence-corrected chi connectivity index (χ1v) is 8.11. The molecule has 2 heterocycles. The molecule has 0 fully saturated rings. The van der Waals surface area contributed by atoms with Gasteiger partial charge in [-0.2, -0.15) is 9.61 Å². The largest absolute Gasteiger partial charge is 0.493 e. The molecule has 2 aromatic carbocycles. The number of hydrogen-bond acceptors (Lipinski definition) is 6. The summed E-state index contributed by atoms with van der Waals surface area (Å²) in [6, 6.07) is 14.6. The molecule has 0 radical (unpaired) electrons. The highest BCUT2D eigenvalue weighted by molar-refractivity contribution is 7.16. The Morgan fingerprint density at radius 3 is 2.67 bits per heavy atom. The van der Waals surface area contributed by atoms with Crippen molar-refractivity contribution < 1.29 is 9.47 Å². The smallest absolute Gasteiger partial charge is 0.283 e. The van der Waals surface area contributed by atoms with E-state index >= 15 is 0 Å². The molecule has 0 bridgehead atoms. The average molecular weight is 339 g/mol. The topological polar surface area (TPSA) is 65.7 Å². The van der Waals surface area contributed by atoms with Crippen molar-refractivity contribution in [2.45, 2.75) is 6.61 Å². The molecular formula is C17H13N3O3S. The van der Waals surface area contributed by atoms with E-state index in [1.165, 1.54) is 15.9 Å². The Balaban J connectivity index is 1.69. The summed E-state index contributed by atoms with van der Waals surface area (Å²) in [7, 11) is 1.59. The lowest BCUT2D eigenvalue weighted by Crippen LogP contribution is -2.15. The maximum absolute atomic E-state index is 12.5. The van der Waals surface area contributed by atoms with Crippen molar-refractivity contribution in [3.63, 3.8) is 0 Å². The maximum atomic E-state index is 12.5. The Labute approximate surface area is 140 Å². The van der Waals surface area contributed by atoms with Gasteiger partial charge in [0.1, 0.15) is 6.61 Å². The van der Waals surface area contributed by atoms with Crippen LogP contribution in [0.2, 0.25) is 0 Å².